The monoisotopic (exact) mass is 443 g/mol. The Morgan fingerprint density at radius 1 is 1.20 bits per heavy atom. The summed E-state index contributed by atoms with van der Waals surface area (Å²) < 4.78 is 37.6. The van der Waals surface area contributed by atoms with E-state index in [1.807, 2.05) is 0 Å². The van der Waals surface area contributed by atoms with Gasteiger partial charge in [-0.2, -0.15) is 13.2 Å². The summed E-state index contributed by atoms with van der Waals surface area (Å²) in [4.78, 5) is 0. The van der Waals surface area contributed by atoms with Crippen LogP contribution in [-0.2, 0) is 0 Å². The van der Waals surface area contributed by atoms with Gasteiger partial charge in [0.05, 0.1) is 7.14 Å². The highest BCUT2D eigenvalue weighted by atomic mass is 127. The normalized spacial score (nSPS) is 14.0. The first kappa shape index (κ1) is 13.3. The molecule has 0 aromatic heterocycles. The number of alkyl halides is 3. The number of nitrogens with two attached hydrogens (primary N) is 1. The second kappa shape index (κ2) is 4.62. The third-order valence-corrected chi connectivity index (χ3v) is 3.40. The molecule has 7 heteroatoms. The minimum absolute atomic E-state index is 0.0191. The zero-order valence-electron chi connectivity index (χ0n) is 7.15. The first-order valence-corrected chi connectivity index (χ1v) is 5.89. The van der Waals surface area contributed by atoms with Crippen molar-refractivity contribution in [1.29, 1.82) is 0 Å². The van der Waals surface area contributed by atoms with Gasteiger partial charge in [-0.1, -0.05) is 0 Å². The van der Waals surface area contributed by atoms with Crippen LogP contribution in [-0.4, -0.2) is 11.3 Å². The zero-order valence-corrected chi connectivity index (χ0v) is 11.5. The summed E-state index contributed by atoms with van der Waals surface area (Å²) in [6.45, 7) is 0. The van der Waals surface area contributed by atoms with Gasteiger partial charge in [0, 0.05) is 0 Å². The maximum atomic E-state index is 12.3. The number of benzene rings is 1. The van der Waals surface area contributed by atoms with E-state index in [4.69, 9.17) is 5.73 Å². The number of phenolic OH excluding ortho intramolecular Hbond substituents is 1. The quantitative estimate of drug-likeness (QED) is 0.656. The molecule has 1 atom stereocenters. The number of hydrogen-bond donors (Lipinski definition) is 2. The highest BCUT2D eigenvalue weighted by molar-refractivity contribution is 14.1. The Balaban J connectivity index is 3.17. The van der Waals surface area contributed by atoms with Gasteiger partial charge >= 0.3 is 6.18 Å². The highest BCUT2D eigenvalue weighted by Gasteiger charge is 2.38. The van der Waals surface area contributed by atoms with Crippen molar-refractivity contribution in [2.45, 2.75) is 12.2 Å². The molecule has 1 aromatic carbocycles. The van der Waals surface area contributed by atoms with E-state index in [0.717, 1.165) is 0 Å². The van der Waals surface area contributed by atoms with Gasteiger partial charge < -0.3 is 10.8 Å². The van der Waals surface area contributed by atoms with Gasteiger partial charge in [-0.15, -0.1) is 0 Å². The summed E-state index contributed by atoms with van der Waals surface area (Å²) in [7, 11) is 0. The third-order valence-electron chi connectivity index (χ3n) is 1.75. The predicted octanol–water partition coefficient (Wildman–Crippen LogP) is 3.16. The van der Waals surface area contributed by atoms with E-state index in [-0.39, 0.29) is 11.3 Å². The fraction of sp³-hybridized carbons (Fsp3) is 0.250. The lowest BCUT2D eigenvalue weighted by Crippen LogP contribution is -2.28. The van der Waals surface area contributed by atoms with Gasteiger partial charge in [0.2, 0.25) is 0 Å². The molecule has 15 heavy (non-hydrogen) atoms. The van der Waals surface area contributed by atoms with E-state index in [0.29, 0.717) is 7.14 Å². The van der Waals surface area contributed by atoms with Gasteiger partial charge in [0.25, 0.3) is 0 Å². The van der Waals surface area contributed by atoms with Crippen LogP contribution in [0.2, 0.25) is 0 Å². The number of aromatic hydroxyl groups is 1. The van der Waals surface area contributed by atoms with Crippen molar-refractivity contribution in [3.8, 4) is 5.75 Å². The molecule has 0 aliphatic rings. The van der Waals surface area contributed by atoms with E-state index in [1.54, 1.807) is 45.2 Å². The lowest BCUT2D eigenvalue weighted by Gasteiger charge is -2.16. The summed E-state index contributed by atoms with van der Waals surface area (Å²) in [5.41, 5.74) is 5.00. The first-order valence-electron chi connectivity index (χ1n) is 3.73. The molecule has 0 aliphatic carbocycles. The third kappa shape index (κ3) is 3.09. The topological polar surface area (TPSA) is 46.2 Å². The highest BCUT2D eigenvalue weighted by Crippen LogP contribution is 2.35. The molecule has 0 saturated carbocycles. The molecule has 0 bridgehead atoms. The van der Waals surface area contributed by atoms with Gasteiger partial charge in [-0.05, 0) is 62.9 Å². The van der Waals surface area contributed by atoms with Crippen molar-refractivity contribution >= 4 is 45.2 Å². The fourth-order valence-corrected chi connectivity index (χ4v) is 2.77. The molecule has 0 heterocycles. The van der Waals surface area contributed by atoms with Crippen LogP contribution < -0.4 is 5.73 Å². The van der Waals surface area contributed by atoms with Crippen LogP contribution in [0.1, 0.15) is 11.6 Å². The molecule has 0 radical (unpaired) electrons. The molecule has 2 nitrogen and oxygen atoms in total. The SMILES string of the molecule is N[C@@H](c1cc(I)c(O)c(I)c1)C(F)(F)F. The number of rotatable bonds is 1. The lowest BCUT2D eigenvalue weighted by molar-refractivity contribution is -0.149. The average Bonchev–Trinajstić information content (AvgIpc) is 2.10. The van der Waals surface area contributed by atoms with E-state index >= 15 is 0 Å². The Morgan fingerprint density at radius 3 is 1.93 bits per heavy atom. The largest absolute Gasteiger partial charge is 0.506 e. The Labute approximate surface area is 111 Å². The maximum absolute atomic E-state index is 12.3. The molecule has 0 saturated heterocycles. The van der Waals surface area contributed by atoms with Crippen LogP contribution >= 0.6 is 45.2 Å². The van der Waals surface area contributed by atoms with Crippen molar-refractivity contribution in [3.05, 3.63) is 24.8 Å². The van der Waals surface area contributed by atoms with Gasteiger partial charge in [-0.25, -0.2) is 0 Å². The second-order valence-electron chi connectivity index (χ2n) is 2.85. The summed E-state index contributed by atoms with van der Waals surface area (Å²) in [6.07, 6.45) is -4.47. The second-order valence-corrected chi connectivity index (χ2v) is 5.18. The number of phenols is 1. The van der Waals surface area contributed by atoms with Crippen LogP contribution in [0.3, 0.4) is 0 Å². The van der Waals surface area contributed by atoms with Crippen LogP contribution in [0.25, 0.3) is 0 Å². The molecule has 0 amide bonds. The molecular formula is C8H6F3I2NO. The van der Waals surface area contributed by atoms with E-state index in [1.165, 1.54) is 12.1 Å². The smallest absolute Gasteiger partial charge is 0.407 e. The standard InChI is InChI=1S/C8H6F3I2NO/c9-8(10,11)7(14)3-1-4(12)6(15)5(13)2-3/h1-2,7,15H,14H2/t7-/m0/s1. The van der Waals surface area contributed by atoms with Gasteiger partial charge in [0.1, 0.15) is 11.8 Å². The molecule has 0 fully saturated rings. The minimum atomic E-state index is -4.47. The Bertz CT molecular complexity index is 358. The minimum Gasteiger partial charge on any atom is -0.506 e. The molecule has 0 unspecified atom stereocenters. The lowest BCUT2D eigenvalue weighted by atomic mass is 10.1. The van der Waals surface area contributed by atoms with Crippen molar-refractivity contribution in [2.75, 3.05) is 0 Å². The molecule has 0 aliphatic heterocycles. The maximum Gasteiger partial charge on any atom is 0.407 e. The zero-order chi connectivity index (χ0) is 11.8. The van der Waals surface area contributed by atoms with E-state index < -0.39 is 12.2 Å². The number of hydrogen-bond acceptors (Lipinski definition) is 2. The molecule has 1 aromatic rings. The van der Waals surface area contributed by atoms with Crippen molar-refractivity contribution in [2.24, 2.45) is 5.73 Å². The van der Waals surface area contributed by atoms with E-state index in [9.17, 15) is 18.3 Å². The van der Waals surface area contributed by atoms with Crippen LogP contribution in [0.15, 0.2) is 12.1 Å². The summed E-state index contributed by atoms with van der Waals surface area (Å²) >= 11 is 3.52. The van der Waals surface area contributed by atoms with Gasteiger partial charge in [0.15, 0.2) is 0 Å². The van der Waals surface area contributed by atoms with Crippen LogP contribution in [0.4, 0.5) is 13.2 Å². The summed E-state index contributed by atoms with van der Waals surface area (Å²) in [5, 5.41) is 9.38. The van der Waals surface area contributed by atoms with Crippen LogP contribution in [0, 0.1) is 7.14 Å². The Kier molecular flexibility index (Phi) is 4.09. The molecule has 1 rings (SSSR count). The average molecular weight is 443 g/mol. The molecular weight excluding hydrogens is 437 g/mol. The molecule has 0 spiro atoms. The number of halogens is 5. The Hall–Kier alpha value is 0.230. The van der Waals surface area contributed by atoms with Gasteiger partial charge in [-0.3, -0.25) is 0 Å². The van der Waals surface area contributed by atoms with E-state index in [2.05, 4.69) is 0 Å². The molecule has 3 N–H and O–H groups in total. The summed E-state index contributed by atoms with van der Waals surface area (Å²) in [6, 6.07) is 0.451. The van der Waals surface area contributed by atoms with Crippen molar-refractivity contribution < 1.29 is 18.3 Å². The Morgan fingerprint density at radius 2 is 1.60 bits per heavy atom. The predicted molar refractivity (Wildman–Crippen MR) is 66.5 cm³/mol. The van der Waals surface area contributed by atoms with Crippen LogP contribution in [0.5, 0.6) is 5.75 Å². The molecule has 84 valence electrons. The first-order chi connectivity index (χ1) is 6.73. The fourth-order valence-electron chi connectivity index (χ4n) is 0.954. The summed E-state index contributed by atoms with van der Waals surface area (Å²) in [5.74, 6) is -0.0191. The van der Waals surface area contributed by atoms with Crippen molar-refractivity contribution in [3.63, 3.8) is 0 Å². The van der Waals surface area contributed by atoms with Crippen molar-refractivity contribution in [1.82, 2.24) is 0 Å².